The van der Waals surface area contributed by atoms with Crippen LogP contribution in [0, 0.1) is 0 Å². The van der Waals surface area contributed by atoms with Gasteiger partial charge in [0.15, 0.2) is 22.7 Å². The summed E-state index contributed by atoms with van der Waals surface area (Å²) in [6.45, 7) is 9.39. The summed E-state index contributed by atoms with van der Waals surface area (Å²) >= 11 is 0. The van der Waals surface area contributed by atoms with Crippen LogP contribution in [0.5, 0.6) is 0 Å². The number of hydrogen-bond acceptors (Lipinski definition) is 6. The number of rotatable bonds is 3. The Morgan fingerprint density at radius 1 is 0.773 bits per heavy atom. The third-order valence-electron chi connectivity index (χ3n) is 5.01. The van der Waals surface area contributed by atoms with Gasteiger partial charge in [0, 0.05) is 13.1 Å². The molecule has 2 atom stereocenters. The first-order chi connectivity index (χ1) is 9.74. The molecule has 8 nitrogen and oxygen atoms in total. The van der Waals surface area contributed by atoms with Gasteiger partial charge in [0.2, 0.25) is 0 Å². The summed E-state index contributed by atoms with van der Waals surface area (Å²) in [5.74, 6) is 0. The van der Waals surface area contributed by atoms with Crippen LogP contribution in [0.2, 0.25) is 0 Å². The number of cyclic esters (lactones) is 2. The van der Waals surface area contributed by atoms with Gasteiger partial charge < -0.3 is 19.7 Å². The SMILES string of the molecule is CC1(C)OC(=O)N(CCN2C(=O)OC(C)(C)C2(C)O)C1(C)O. The van der Waals surface area contributed by atoms with Crippen molar-refractivity contribution in [3.05, 3.63) is 0 Å². The summed E-state index contributed by atoms with van der Waals surface area (Å²) in [5, 5.41) is 21.0. The molecular formula is C14H24N2O6. The highest BCUT2D eigenvalue weighted by molar-refractivity contribution is 5.73. The lowest BCUT2D eigenvalue weighted by Crippen LogP contribution is -2.58. The molecule has 0 aromatic carbocycles. The fourth-order valence-electron chi connectivity index (χ4n) is 2.56. The Hall–Kier alpha value is -1.54. The fraction of sp³-hybridized carbons (Fsp3) is 0.857. The number of nitrogens with zero attached hydrogens (tertiary/aromatic N) is 2. The lowest BCUT2D eigenvalue weighted by atomic mass is 9.95. The van der Waals surface area contributed by atoms with Crippen LogP contribution in [0.25, 0.3) is 0 Å². The Balaban J connectivity index is 2.14. The Labute approximate surface area is 129 Å². The number of ether oxygens (including phenoxy) is 2. The summed E-state index contributed by atoms with van der Waals surface area (Å²) in [4.78, 5) is 26.1. The van der Waals surface area contributed by atoms with Crippen LogP contribution < -0.4 is 0 Å². The van der Waals surface area contributed by atoms with Crippen molar-refractivity contribution in [2.24, 2.45) is 0 Å². The molecule has 0 aromatic heterocycles. The van der Waals surface area contributed by atoms with Crippen molar-refractivity contribution < 1.29 is 29.3 Å². The van der Waals surface area contributed by atoms with Gasteiger partial charge in [-0.25, -0.2) is 9.59 Å². The third kappa shape index (κ3) is 2.13. The lowest BCUT2D eigenvalue weighted by Gasteiger charge is -2.38. The van der Waals surface area contributed by atoms with Gasteiger partial charge >= 0.3 is 12.2 Å². The Morgan fingerprint density at radius 2 is 1.05 bits per heavy atom. The predicted octanol–water partition coefficient (Wildman–Crippen LogP) is 0.865. The van der Waals surface area contributed by atoms with Gasteiger partial charge in [0.25, 0.3) is 0 Å². The molecule has 2 heterocycles. The average molecular weight is 316 g/mol. The van der Waals surface area contributed by atoms with E-state index in [1.807, 2.05) is 0 Å². The van der Waals surface area contributed by atoms with Crippen molar-refractivity contribution in [3.63, 3.8) is 0 Å². The first-order valence-corrected chi connectivity index (χ1v) is 7.20. The molecule has 2 amide bonds. The van der Waals surface area contributed by atoms with E-state index in [2.05, 4.69) is 0 Å². The van der Waals surface area contributed by atoms with Gasteiger partial charge in [-0.3, -0.25) is 9.80 Å². The number of aliphatic hydroxyl groups is 2. The van der Waals surface area contributed by atoms with Gasteiger partial charge in [-0.1, -0.05) is 0 Å². The first-order valence-electron chi connectivity index (χ1n) is 7.20. The molecule has 2 rings (SSSR count). The maximum Gasteiger partial charge on any atom is 0.412 e. The second kappa shape index (κ2) is 4.48. The van der Waals surface area contributed by atoms with E-state index in [0.29, 0.717) is 0 Å². The molecule has 126 valence electrons. The molecule has 2 N–H and O–H groups in total. The van der Waals surface area contributed by atoms with Crippen LogP contribution in [0.4, 0.5) is 9.59 Å². The topological polar surface area (TPSA) is 99.5 Å². The highest BCUT2D eigenvalue weighted by Crippen LogP contribution is 2.39. The molecule has 0 aliphatic carbocycles. The van der Waals surface area contributed by atoms with Crippen molar-refractivity contribution in [2.75, 3.05) is 13.1 Å². The molecule has 0 spiro atoms. The Morgan fingerprint density at radius 3 is 1.23 bits per heavy atom. The van der Waals surface area contributed by atoms with Crippen molar-refractivity contribution in [2.45, 2.75) is 64.2 Å². The summed E-state index contributed by atoms with van der Waals surface area (Å²) < 4.78 is 10.3. The van der Waals surface area contributed by atoms with Gasteiger partial charge in [-0.15, -0.1) is 0 Å². The van der Waals surface area contributed by atoms with Crippen molar-refractivity contribution in [1.29, 1.82) is 0 Å². The van der Waals surface area contributed by atoms with Gasteiger partial charge in [-0.2, -0.15) is 0 Å². The zero-order chi connectivity index (χ0) is 17.1. The maximum atomic E-state index is 11.9. The summed E-state index contributed by atoms with van der Waals surface area (Å²) in [6, 6.07) is 0. The van der Waals surface area contributed by atoms with Gasteiger partial charge in [-0.05, 0) is 41.5 Å². The molecule has 2 aliphatic heterocycles. The molecule has 2 unspecified atom stereocenters. The van der Waals surface area contributed by atoms with E-state index >= 15 is 0 Å². The van der Waals surface area contributed by atoms with E-state index in [0.717, 1.165) is 9.80 Å². The van der Waals surface area contributed by atoms with E-state index < -0.39 is 34.8 Å². The average Bonchev–Trinajstić information content (AvgIpc) is 2.54. The quantitative estimate of drug-likeness (QED) is 0.801. The van der Waals surface area contributed by atoms with Crippen LogP contribution in [-0.4, -0.2) is 67.9 Å². The number of carbonyl (C=O) groups excluding carboxylic acids is 2. The highest BCUT2D eigenvalue weighted by atomic mass is 16.6. The van der Waals surface area contributed by atoms with Crippen LogP contribution in [0.15, 0.2) is 0 Å². The minimum Gasteiger partial charge on any atom is -0.438 e. The second-order valence-corrected chi connectivity index (χ2v) is 7.10. The minimum absolute atomic E-state index is 0.0105. The van der Waals surface area contributed by atoms with E-state index in [1.54, 1.807) is 27.7 Å². The number of hydrogen-bond donors (Lipinski definition) is 2. The summed E-state index contributed by atoms with van der Waals surface area (Å²) in [5.41, 5.74) is -5.18. The number of carbonyl (C=O) groups is 2. The molecule has 0 saturated carbocycles. The van der Waals surface area contributed by atoms with E-state index in [9.17, 15) is 19.8 Å². The van der Waals surface area contributed by atoms with E-state index in [1.165, 1.54) is 13.8 Å². The molecule has 8 heteroatoms. The maximum absolute atomic E-state index is 11.9. The highest BCUT2D eigenvalue weighted by Gasteiger charge is 2.59. The molecule has 2 fully saturated rings. The molecular weight excluding hydrogens is 292 g/mol. The minimum atomic E-state index is -1.52. The van der Waals surface area contributed by atoms with E-state index in [4.69, 9.17) is 9.47 Å². The zero-order valence-corrected chi connectivity index (χ0v) is 13.8. The van der Waals surface area contributed by atoms with Crippen LogP contribution in [-0.2, 0) is 9.47 Å². The molecule has 0 bridgehead atoms. The molecule has 2 saturated heterocycles. The van der Waals surface area contributed by atoms with Crippen LogP contribution in [0.3, 0.4) is 0 Å². The normalized spacial score (nSPS) is 36.5. The smallest absolute Gasteiger partial charge is 0.412 e. The Kier molecular flexibility index (Phi) is 3.43. The predicted molar refractivity (Wildman–Crippen MR) is 75.8 cm³/mol. The van der Waals surface area contributed by atoms with Crippen LogP contribution >= 0.6 is 0 Å². The second-order valence-electron chi connectivity index (χ2n) is 7.10. The number of amides is 2. The van der Waals surface area contributed by atoms with Crippen molar-refractivity contribution in [1.82, 2.24) is 9.80 Å². The van der Waals surface area contributed by atoms with Crippen molar-refractivity contribution in [3.8, 4) is 0 Å². The standard InChI is InChI=1S/C14H24N2O6/c1-11(2)13(5,19)15(9(17)21-11)7-8-16-10(18)22-12(3,4)14(16,6)20/h19-20H,7-8H2,1-6H3. The van der Waals surface area contributed by atoms with Crippen molar-refractivity contribution >= 4 is 12.2 Å². The van der Waals surface area contributed by atoms with Gasteiger partial charge in [0.05, 0.1) is 0 Å². The first kappa shape index (κ1) is 16.8. The summed E-state index contributed by atoms with van der Waals surface area (Å²) in [7, 11) is 0. The van der Waals surface area contributed by atoms with Crippen LogP contribution in [0.1, 0.15) is 41.5 Å². The van der Waals surface area contributed by atoms with E-state index in [-0.39, 0.29) is 13.1 Å². The van der Waals surface area contributed by atoms with Gasteiger partial charge in [0.1, 0.15) is 0 Å². The molecule has 0 radical (unpaired) electrons. The lowest BCUT2D eigenvalue weighted by molar-refractivity contribution is -0.141. The monoisotopic (exact) mass is 316 g/mol. The Bertz CT molecular complexity index is 465. The summed E-state index contributed by atoms with van der Waals surface area (Å²) in [6.07, 6.45) is -1.33. The fourth-order valence-corrected chi connectivity index (χ4v) is 2.56. The molecule has 22 heavy (non-hydrogen) atoms. The largest absolute Gasteiger partial charge is 0.438 e. The molecule has 0 aromatic rings. The zero-order valence-electron chi connectivity index (χ0n) is 13.8. The third-order valence-corrected chi connectivity index (χ3v) is 5.01. The molecule has 2 aliphatic rings.